The molecule has 3 aromatic carbocycles. The molecule has 4 rings (SSSR count). The van der Waals surface area contributed by atoms with Crippen LogP contribution in [-0.4, -0.2) is 18.1 Å². The number of aliphatic hydroxyl groups is 1. The Hall–Kier alpha value is -3.61. The van der Waals surface area contributed by atoms with Gasteiger partial charge in [0.1, 0.15) is 6.10 Å². The molecular formula is C30H29NO2. The van der Waals surface area contributed by atoms with Gasteiger partial charge in [-0.2, -0.15) is 0 Å². The standard InChI is InChI=1S/C30H29NO2/c1-20-5-10-22(11-6-20)25-17-18-30(2,3)27-19-24(14-15-26(25)27)28(32)16-9-21-7-12-23(13-8-21)29(33)31-4/h5-8,10-15,17,19,28,32H,18H2,1-4H3,(H,31,33). The fourth-order valence-corrected chi connectivity index (χ4v) is 4.19. The van der Waals surface area contributed by atoms with Crippen molar-refractivity contribution in [1.82, 2.24) is 5.32 Å². The highest BCUT2D eigenvalue weighted by molar-refractivity contribution is 5.94. The number of aliphatic hydroxyl groups excluding tert-OH is 1. The highest BCUT2D eigenvalue weighted by Crippen LogP contribution is 2.42. The number of carbonyl (C=O) groups excluding carboxylic acids is 1. The van der Waals surface area contributed by atoms with Gasteiger partial charge < -0.3 is 10.4 Å². The second kappa shape index (κ2) is 9.10. The van der Waals surface area contributed by atoms with E-state index in [2.05, 4.69) is 80.4 Å². The van der Waals surface area contributed by atoms with E-state index in [4.69, 9.17) is 0 Å². The van der Waals surface area contributed by atoms with E-state index < -0.39 is 6.10 Å². The molecule has 0 saturated heterocycles. The van der Waals surface area contributed by atoms with Crippen molar-refractivity contribution in [2.75, 3.05) is 7.05 Å². The van der Waals surface area contributed by atoms with E-state index in [0.29, 0.717) is 5.56 Å². The zero-order valence-electron chi connectivity index (χ0n) is 19.6. The molecule has 1 unspecified atom stereocenters. The fraction of sp³-hybridized carbons (Fsp3) is 0.233. The first-order valence-electron chi connectivity index (χ1n) is 11.2. The molecule has 0 bridgehead atoms. The molecule has 2 N–H and O–H groups in total. The summed E-state index contributed by atoms with van der Waals surface area (Å²) in [6, 6.07) is 21.9. The molecule has 0 aliphatic heterocycles. The van der Waals surface area contributed by atoms with Crippen LogP contribution in [0.5, 0.6) is 0 Å². The SMILES string of the molecule is CNC(=O)c1ccc(C#CC(O)c2ccc3c(c2)C(C)(C)CC=C3c2ccc(C)cc2)cc1. The Morgan fingerprint density at radius 3 is 2.39 bits per heavy atom. The number of allylic oxidation sites excluding steroid dienone is 1. The Bertz CT molecular complexity index is 1270. The average molecular weight is 436 g/mol. The third kappa shape index (κ3) is 4.77. The number of amides is 1. The van der Waals surface area contributed by atoms with Crippen molar-refractivity contribution in [1.29, 1.82) is 0 Å². The Labute approximate surface area is 196 Å². The predicted octanol–water partition coefficient (Wildman–Crippen LogP) is 5.55. The Morgan fingerprint density at radius 2 is 1.73 bits per heavy atom. The number of nitrogens with one attached hydrogen (secondary N) is 1. The van der Waals surface area contributed by atoms with Crippen LogP contribution in [-0.2, 0) is 5.41 Å². The van der Waals surface area contributed by atoms with E-state index in [-0.39, 0.29) is 11.3 Å². The second-order valence-electron chi connectivity index (χ2n) is 9.21. The molecule has 1 amide bonds. The second-order valence-corrected chi connectivity index (χ2v) is 9.21. The third-order valence-electron chi connectivity index (χ3n) is 6.29. The number of rotatable bonds is 3. The van der Waals surface area contributed by atoms with Gasteiger partial charge in [0.25, 0.3) is 5.91 Å². The molecule has 3 aromatic rings. The van der Waals surface area contributed by atoms with Crippen LogP contribution < -0.4 is 5.32 Å². The van der Waals surface area contributed by atoms with Gasteiger partial charge in [-0.25, -0.2) is 0 Å². The molecular weight excluding hydrogens is 406 g/mol. The Morgan fingerprint density at radius 1 is 1.03 bits per heavy atom. The minimum atomic E-state index is -0.890. The molecule has 3 nitrogen and oxygen atoms in total. The quantitative estimate of drug-likeness (QED) is 0.530. The molecule has 166 valence electrons. The van der Waals surface area contributed by atoms with Crippen molar-refractivity contribution >= 4 is 11.5 Å². The van der Waals surface area contributed by atoms with Crippen molar-refractivity contribution in [3.63, 3.8) is 0 Å². The Kier molecular flexibility index (Phi) is 6.22. The summed E-state index contributed by atoms with van der Waals surface area (Å²) in [5, 5.41) is 13.4. The largest absolute Gasteiger partial charge is 0.376 e. The van der Waals surface area contributed by atoms with Crippen molar-refractivity contribution < 1.29 is 9.90 Å². The highest BCUT2D eigenvalue weighted by atomic mass is 16.3. The van der Waals surface area contributed by atoms with Gasteiger partial charge in [0, 0.05) is 18.2 Å². The van der Waals surface area contributed by atoms with E-state index in [1.54, 1.807) is 31.3 Å². The zero-order valence-corrected chi connectivity index (χ0v) is 19.6. The van der Waals surface area contributed by atoms with Crippen molar-refractivity contribution in [3.8, 4) is 11.8 Å². The van der Waals surface area contributed by atoms with Crippen molar-refractivity contribution in [2.45, 2.75) is 38.7 Å². The molecule has 1 atom stereocenters. The van der Waals surface area contributed by atoms with Gasteiger partial charge in [-0.05, 0) is 70.9 Å². The lowest BCUT2D eigenvalue weighted by Crippen LogP contribution is -2.22. The van der Waals surface area contributed by atoms with E-state index >= 15 is 0 Å². The summed E-state index contributed by atoms with van der Waals surface area (Å²) in [4.78, 5) is 11.7. The third-order valence-corrected chi connectivity index (χ3v) is 6.29. The van der Waals surface area contributed by atoms with E-state index in [1.165, 1.54) is 27.8 Å². The van der Waals surface area contributed by atoms with Crippen molar-refractivity contribution in [2.24, 2.45) is 0 Å². The van der Waals surface area contributed by atoms with Gasteiger partial charge in [-0.3, -0.25) is 4.79 Å². The molecule has 0 spiro atoms. The van der Waals surface area contributed by atoms with E-state index in [1.807, 2.05) is 6.07 Å². The maximum absolute atomic E-state index is 11.7. The maximum Gasteiger partial charge on any atom is 0.251 e. The summed E-state index contributed by atoms with van der Waals surface area (Å²) >= 11 is 0. The summed E-state index contributed by atoms with van der Waals surface area (Å²) in [6.45, 7) is 6.58. The van der Waals surface area contributed by atoms with Crippen molar-refractivity contribution in [3.05, 3.63) is 112 Å². The van der Waals surface area contributed by atoms with Crippen LogP contribution in [0.15, 0.2) is 72.8 Å². The summed E-state index contributed by atoms with van der Waals surface area (Å²) in [5.74, 6) is 5.84. The fourth-order valence-electron chi connectivity index (χ4n) is 4.19. The predicted molar refractivity (Wildman–Crippen MR) is 134 cm³/mol. The van der Waals surface area contributed by atoms with Gasteiger partial charge in [0.15, 0.2) is 0 Å². The lowest BCUT2D eigenvalue weighted by Gasteiger charge is -2.33. The van der Waals surface area contributed by atoms with Crippen LogP contribution in [0.4, 0.5) is 0 Å². The molecule has 3 heteroatoms. The average Bonchev–Trinajstić information content (AvgIpc) is 2.83. The minimum absolute atomic E-state index is 0.0254. The molecule has 0 saturated carbocycles. The molecule has 0 aromatic heterocycles. The lowest BCUT2D eigenvalue weighted by molar-refractivity contribution is 0.0963. The van der Waals surface area contributed by atoms with Crippen LogP contribution in [0.2, 0.25) is 0 Å². The zero-order chi connectivity index (χ0) is 23.6. The number of benzene rings is 3. The lowest BCUT2D eigenvalue weighted by atomic mass is 9.71. The molecule has 0 heterocycles. The van der Waals surface area contributed by atoms with Gasteiger partial charge >= 0.3 is 0 Å². The highest BCUT2D eigenvalue weighted by Gasteiger charge is 2.29. The molecule has 0 fully saturated rings. The number of hydrogen-bond donors (Lipinski definition) is 2. The minimum Gasteiger partial charge on any atom is -0.376 e. The number of aryl methyl sites for hydroxylation is 1. The van der Waals surface area contributed by atoms with E-state index in [9.17, 15) is 9.90 Å². The van der Waals surface area contributed by atoms with Crippen LogP contribution in [0.1, 0.15) is 70.1 Å². The van der Waals surface area contributed by atoms with Gasteiger partial charge in [-0.1, -0.05) is 79.8 Å². The number of fused-ring (bicyclic) bond motifs is 1. The van der Waals surface area contributed by atoms with Crippen LogP contribution in [0.25, 0.3) is 5.57 Å². The topological polar surface area (TPSA) is 49.3 Å². The molecule has 33 heavy (non-hydrogen) atoms. The van der Waals surface area contributed by atoms with E-state index in [0.717, 1.165) is 17.5 Å². The summed E-state index contributed by atoms with van der Waals surface area (Å²) < 4.78 is 0. The number of carbonyl (C=O) groups is 1. The van der Waals surface area contributed by atoms with Gasteiger partial charge in [-0.15, -0.1) is 0 Å². The molecule has 0 radical (unpaired) electrons. The molecule has 1 aliphatic carbocycles. The smallest absolute Gasteiger partial charge is 0.251 e. The first kappa shape index (κ1) is 22.6. The first-order chi connectivity index (χ1) is 15.8. The van der Waals surface area contributed by atoms with Gasteiger partial charge in [0.2, 0.25) is 0 Å². The Balaban J connectivity index is 1.62. The number of hydrogen-bond acceptors (Lipinski definition) is 2. The monoisotopic (exact) mass is 435 g/mol. The first-order valence-corrected chi connectivity index (χ1v) is 11.2. The maximum atomic E-state index is 11.7. The van der Waals surface area contributed by atoms with Crippen LogP contribution >= 0.6 is 0 Å². The van der Waals surface area contributed by atoms with Crippen LogP contribution in [0.3, 0.4) is 0 Å². The molecule has 1 aliphatic rings. The summed E-state index contributed by atoms with van der Waals surface area (Å²) in [7, 11) is 1.60. The van der Waals surface area contributed by atoms with Gasteiger partial charge in [0.05, 0.1) is 0 Å². The summed E-state index contributed by atoms with van der Waals surface area (Å²) in [5.41, 5.74) is 8.25. The summed E-state index contributed by atoms with van der Waals surface area (Å²) in [6.07, 6.45) is 2.37. The normalized spacial score (nSPS) is 14.9. The van der Waals surface area contributed by atoms with Crippen LogP contribution in [0, 0.1) is 18.8 Å².